The Morgan fingerprint density at radius 2 is 1.76 bits per heavy atom. The molecule has 0 atom stereocenters. The van der Waals surface area contributed by atoms with Crippen LogP contribution >= 0.6 is 31.9 Å². The molecule has 5 rings (SSSR count). The summed E-state index contributed by atoms with van der Waals surface area (Å²) in [6.45, 7) is 0.925. The lowest BCUT2D eigenvalue weighted by Crippen LogP contribution is -2.23. The van der Waals surface area contributed by atoms with Crippen molar-refractivity contribution in [3.63, 3.8) is 0 Å². The quantitative estimate of drug-likeness (QED) is 0.235. The highest BCUT2D eigenvalue weighted by Gasteiger charge is 2.17. The number of para-hydroxylation sites is 1. The molecule has 164 valence electrons. The van der Waals surface area contributed by atoms with Crippen molar-refractivity contribution in [2.45, 2.75) is 13.1 Å². The fourth-order valence-electron chi connectivity index (χ4n) is 3.91. The number of hydrogen-bond acceptors (Lipinski definition) is 3. The zero-order valence-corrected chi connectivity index (χ0v) is 20.7. The Labute approximate surface area is 207 Å². The summed E-state index contributed by atoms with van der Waals surface area (Å²) in [5, 5.41) is 4.89. The van der Waals surface area contributed by atoms with Gasteiger partial charge in [0.25, 0.3) is 5.91 Å². The molecule has 33 heavy (non-hydrogen) atoms. The van der Waals surface area contributed by atoms with Crippen molar-refractivity contribution < 1.29 is 4.79 Å². The molecule has 0 bridgehead atoms. The SMILES string of the molecule is NCc1ccc(CNC(=O)c2cc(-c3c[nH]c4ccc(Br)cc34)nc3c(Br)cccc23)cc1. The van der Waals surface area contributed by atoms with E-state index in [-0.39, 0.29) is 5.91 Å². The van der Waals surface area contributed by atoms with Crippen LogP contribution in [-0.4, -0.2) is 15.9 Å². The number of hydrogen-bond donors (Lipinski definition) is 3. The van der Waals surface area contributed by atoms with E-state index in [1.165, 1.54) is 0 Å². The van der Waals surface area contributed by atoms with Gasteiger partial charge in [-0.15, -0.1) is 0 Å². The predicted octanol–water partition coefficient (Wildman–Crippen LogP) is 6.30. The largest absolute Gasteiger partial charge is 0.360 e. The number of amides is 1. The Morgan fingerprint density at radius 1 is 0.970 bits per heavy atom. The van der Waals surface area contributed by atoms with Crippen molar-refractivity contribution in [1.29, 1.82) is 0 Å². The number of benzene rings is 3. The zero-order chi connectivity index (χ0) is 22.9. The van der Waals surface area contributed by atoms with Gasteiger partial charge in [0.2, 0.25) is 0 Å². The van der Waals surface area contributed by atoms with Crippen molar-refractivity contribution in [2.24, 2.45) is 5.73 Å². The van der Waals surface area contributed by atoms with E-state index >= 15 is 0 Å². The fourth-order valence-corrected chi connectivity index (χ4v) is 4.73. The molecule has 2 heterocycles. The Balaban J connectivity index is 1.56. The minimum atomic E-state index is -0.148. The highest BCUT2D eigenvalue weighted by Crippen LogP contribution is 2.34. The molecule has 1 amide bonds. The minimum absolute atomic E-state index is 0.148. The van der Waals surface area contributed by atoms with Gasteiger partial charge in [-0.1, -0.05) is 52.3 Å². The van der Waals surface area contributed by atoms with Crippen LogP contribution in [0.5, 0.6) is 0 Å². The molecular weight excluding hydrogens is 544 g/mol. The summed E-state index contributed by atoms with van der Waals surface area (Å²) in [4.78, 5) is 21.5. The molecular formula is C26H20Br2N4O. The van der Waals surface area contributed by atoms with Crippen LogP contribution in [0.4, 0.5) is 0 Å². The van der Waals surface area contributed by atoms with Crippen LogP contribution in [0.15, 0.2) is 81.9 Å². The summed E-state index contributed by atoms with van der Waals surface area (Å²) in [6, 6.07) is 21.6. The first-order chi connectivity index (χ1) is 16.0. The average Bonchev–Trinajstić information content (AvgIpc) is 3.25. The number of rotatable bonds is 5. The first kappa shape index (κ1) is 21.8. The number of aromatic amines is 1. The van der Waals surface area contributed by atoms with Gasteiger partial charge in [0, 0.05) is 50.1 Å². The highest BCUT2D eigenvalue weighted by atomic mass is 79.9. The van der Waals surface area contributed by atoms with Crippen LogP contribution < -0.4 is 11.1 Å². The molecule has 0 saturated carbocycles. The molecule has 0 aliphatic rings. The van der Waals surface area contributed by atoms with E-state index in [1.807, 2.05) is 66.9 Å². The maximum Gasteiger partial charge on any atom is 0.252 e. The average molecular weight is 564 g/mol. The molecule has 3 aromatic carbocycles. The number of carbonyl (C=O) groups excluding carboxylic acids is 1. The second-order valence-electron chi connectivity index (χ2n) is 7.79. The Bertz CT molecular complexity index is 1490. The molecule has 0 aliphatic carbocycles. The van der Waals surface area contributed by atoms with E-state index in [1.54, 1.807) is 0 Å². The Morgan fingerprint density at radius 3 is 2.55 bits per heavy atom. The highest BCUT2D eigenvalue weighted by molar-refractivity contribution is 9.11. The predicted molar refractivity (Wildman–Crippen MR) is 140 cm³/mol. The smallest absolute Gasteiger partial charge is 0.252 e. The Kier molecular flexibility index (Phi) is 6.01. The number of H-pyrrole nitrogens is 1. The standard InChI is InChI=1S/C26H20Br2N4O/c27-17-8-9-23-19(10-17)21(14-30-23)24-11-20(18-2-1-3-22(28)25(18)32-24)26(33)31-13-16-6-4-15(12-29)5-7-16/h1-11,14,30H,12-13,29H2,(H,31,33). The lowest BCUT2D eigenvalue weighted by molar-refractivity contribution is 0.0952. The summed E-state index contributed by atoms with van der Waals surface area (Å²) >= 11 is 7.16. The van der Waals surface area contributed by atoms with Crippen LogP contribution in [0.2, 0.25) is 0 Å². The van der Waals surface area contributed by atoms with E-state index < -0.39 is 0 Å². The van der Waals surface area contributed by atoms with Gasteiger partial charge in [-0.3, -0.25) is 4.79 Å². The van der Waals surface area contributed by atoms with E-state index in [2.05, 4.69) is 48.2 Å². The van der Waals surface area contributed by atoms with Crippen LogP contribution in [0.1, 0.15) is 21.5 Å². The molecule has 2 aromatic heterocycles. The third kappa shape index (κ3) is 4.31. The molecule has 0 unspecified atom stereocenters. The van der Waals surface area contributed by atoms with E-state index in [9.17, 15) is 4.79 Å². The van der Waals surface area contributed by atoms with E-state index in [0.29, 0.717) is 18.7 Å². The molecule has 0 saturated heterocycles. The van der Waals surface area contributed by atoms with Gasteiger partial charge in [0.05, 0.1) is 16.8 Å². The van der Waals surface area contributed by atoms with Crippen LogP contribution in [0.3, 0.4) is 0 Å². The molecule has 4 N–H and O–H groups in total. The molecule has 5 aromatic rings. The number of nitrogens with one attached hydrogen (secondary N) is 2. The van der Waals surface area contributed by atoms with E-state index in [4.69, 9.17) is 10.7 Å². The molecule has 5 nitrogen and oxygen atoms in total. The number of aromatic nitrogens is 2. The summed E-state index contributed by atoms with van der Waals surface area (Å²) in [6.07, 6.45) is 1.93. The zero-order valence-electron chi connectivity index (χ0n) is 17.5. The molecule has 0 fully saturated rings. The van der Waals surface area contributed by atoms with Gasteiger partial charge in [-0.05, 0) is 57.4 Å². The van der Waals surface area contributed by atoms with Crippen LogP contribution in [0.25, 0.3) is 33.1 Å². The maximum atomic E-state index is 13.3. The monoisotopic (exact) mass is 562 g/mol. The van der Waals surface area contributed by atoms with Gasteiger partial charge in [-0.2, -0.15) is 0 Å². The summed E-state index contributed by atoms with van der Waals surface area (Å²) in [7, 11) is 0. The molecule has 7 heteroatoms. The van der Waals surface area contributed by atoms with E-state index in [0.717, 1.165) is 53.1 Å². The van der Waals surface area contributed by atoms with Gasteiger partial charge < -0.3 is 16.0 Å². The summed E-state index contributed by atoms with van der Waals surface area (Å²) < 4.78 is 1.82. The summed E-state index contributed by atoms with van der Waals surface area (Å²) in [5.41, 5.74) is 11.8. The first-order valence-corrected chi connectivity index (χ1v) is 12.0. The molecule has 0 aliphatic heterocycles. The number of fused-ring (bicyclic) bond motifs is 2. The van der Waals surface area contributed by atoms with Crippen molar-refractivity contribution in [3.8, 4) is 11.3 Å². The number of pyridine rings is 1. The second-order valence-corrected chi connectivity index (χ2v) is 9.56. The normalized spacial score (nSPS) is 11.2. The molecule has 0 radical (unpaired) electrons. The van der Waals surface area contributed by atoms with Crippen molar-refractivity contribution in [2.75, 3.05) is 0 Å². The minimum Gasteiger partial charge on any atom is -0.360 e. The fraction of sp³-hybridized carbons (Fsp3) is 0.0769. The lowest BCUT2D eigenvalue weighted by Gasteiger charge is -2.12. The Hall–Kier alpha value is -3.00. The van der Waals surface area contributed by atoms with Crippen molar-refractivity contribution in [3.05, 3.63) is 98.6 Å². The third-order valence-corrected chi connectivity index (χ3v) is 6.80. The van der Waals surface area contributed by atoms with Crippen LogP contribution in [0, 0.1) is 0 Å². The van der Waals surface area contributed by atoms with Gasteiger partial charge in [0.1, 0.15) is 0 Å². The van der Waals surface area contributed by atoms with Crippen molar-refractivity contribution in [1.82, 2.24) is 15.3 Å². The summed E-state index contributed by atoms with van der Waals surface area (Å²) in [5.74, 6) is -0.148. The number of nitrogens with zero attached hydrogens (tertiary/aromatic N) is 1. The third-order valence-electron chi connectivity index (χ3n) is 5.67. The molecule has 0 spiro atoms. The van der Waals surface area contributed by atoms with Gasteiger partial charge >= 0.3 is 0 Å². The van der Waals surface area contributed by atoms with Gasteiger partial charge in [-0.25, -0.2) is 4.98 Å². The number of nitrogens with two attached hydrogens (primary N) is 1. The first-order valence-electron chi connectivity index (χ1n) is 10.5. The second kappa shape index (κ2) is 9.09. The number of carbonyl (C=O) groups is 1. The van der Waals surface area contributed by atoms with Gasteiger partial charge in [0.15, 0.2) is 0 Å². The topological polar surface area (TPSA) is 83.8 Å². The van der Waals surface area contributed by atoms with Crippen LogP contribution in [-0.2, 0) is 13.1 Å². The number of halogens is 2. The van der Waals surface area contributed by atoms with Crippen molar-refractivity contribution >= 4 is 59.6 Å². The lowest BCUT2D eigenvalue weighted by atomic mass is 10.0. The maximum absolute atomic E-state index is 13.3.